The van der Waals surface area contributed by atoms with Crippen molar-refractivity contribution in [3.63, 3.8) is 0 Å². The summed E-state index contributed by atoms with van der Waals surface area (Å²) in [4.78, 5) is 97.4. The Kier molecular flexibility index (Phi) is 16.7. The number of amides is 6. The fraction of sp³-hybridized carbons (Fsp3) is 0.288. The van der Waals surface area contributed by atoms with Crippen molar-refractivity contribution >= 4 is 52.3 Å². The van der Waals surface area contributed by atoms with E-state index < -0.39 is 88.8 Å². The summed E-state index contributed by atoms with van der Waals surface area (Å²) in [6.07, 6.45) is -0.514. The van der Waals surface area contributed by atoms with Gasteiger partial charge in [0.15, 0.2) is 0 Å². The molecule has 0 spiro atoms. The number of benzene rings is 5. The molecule has 5 aromatic rings. The largest absolute Gasteiger partial charge is 0.488 e. The number of hydrogen-bond donors (Lipinski definition) is 6. The third-order valence-electron chi connectivity index (χ3n) is 10.8. The third-order valence-corrected chi connectivity index (χ3v) is 11.9. The first-order valence-electron chi connectivity index (χ1n) is 22.0. The van der Waals surface area contributed by atoms with Crippen LogP contribution < -0.4 is 36.6 Å². The number of rotatable bonds is 12. The molecule has 0 aliphatic carbocycles. The number of thioether (sulfide) groups is 1. The van der Waals surface area contributed by atoms with E-state index in [9.17, 15) is 33.6 Å². The maximum absolute atomic E-state index is 14.6. The van der Waals surface area contributed by atoms with Gasteiger partial charge in [0.25, 0.3) is 0 Å². The van der Waals surface area contributed by atoms with Gasteiger partial charge in [0.2, 0.25) is 40.6 Å². The monoisotopic (exact) mass is 924 g/mol. The van der Waals surface area contributed by atoms with Gasteiger partial charge in [-0.2, -0.15) is 0 Å². The summed E-state index contributed by atoms with van der Waals surface area (Å²) in [5.74, 6) is -4.08. The smallest absolute Gasteiger partial charge is 0.244 e. The molecule has 0 radical (unpaired) electrons. The summed E-state index contributed by atoms with van der Waals surface area (Å²) in [5.41, 5.74) is 1.85. The average Bonchev–Trinajstić information content (AvgIpc) is 3.31. The van der Waals surface area contributed by atoms with E-state index in [2.05, 4.69) is 31.9 Å². The Morgan fingerprint density at radius 3 is 1.63 bits per heavy atom. The van der Waals surface area contributed by atoms with Gasteiger partial charge in [0.05, 0.1) is 13.0 Å². The molecular weight excluding hydrogens is 869 g/mol. The minimum absolute atomic E-state index is 0.0101. The normalized spacial score (nSPS) is 18.9. The van der Waals surface area contributed by atoms with Gasteiger partial charge in [-0.25, -0.2) is 0 Å². The lowest BCUT2D eigenvalue weighted by Gasteiger charge is -2.37. The van der Waals surface area contributed by atoms with E-state index in [1.807, 2.05) is 118 Å². The second-order valence-corrected chi connectivity index (χ2v) is 18.2. The highest BCUT2D eigenvalue weighted by molar-refractivity contribution is 8.13. The Morgan fingerprint density at radius 1 is 0.612 bits per heavy atom. The Bertz CT molecular complexity index is 2410. The van der Waals surface area contributed by atoms with Gasteiger partial charge < -0.3 is 36.6 Å². The molecule has 15 heteroatoms. The van der Waals surface area contributed by atoms with E-state index in [1.54, 1.807) is 48.5 Å². The van der Waals surface area contributed by atoms with Crippen LogP contribution in [0.1, 0.15) is 61.9 Å². The molecule has 0 saturated carbocycles. The lowest BCUT2D eigenvalue weighted by Crippen LogP contribution is -2.58. The fourth-order valence-corrected chi connectivity index (χ4v) is 8.65. The number of hydrogen-bond acceptors (Lipinski definition) is 9. The quantitative estimate of drug-likeness (QED) is 0.0976. The highest BCUT2D eigenvalue weighted by Crippen LogP contribution is 2.37. The zero-order valence-electron chi connectivity index (χ0n) is 37.9. The summed E-state index contributed by atoms with van der Waals surface area (Å²) >= 11 is 0.714. The van der Waals surface area contributed by atoms with Crippen LogP contribution >= 0.6 is 11.8 Å². The van der Waals surface area contributed by atoms with Crippen molar-refractivity contribution in [3.05, 3.63) is 173 Å². The first-order chi connectivity index (χ1) is 32.1. The lowest BCUT2D eigenvalue weighted by atomic mass is 9.77. The van der Waals surface area contributed by atoms with E-state index >= 15 is 0 Å². The van der Waals surface area contributed by atoms with Crippen LogP contribution in [0.5, 0.6) is 5.75 Å². The predicted octanol–water partition coefficient (Wildman–Crippen LogP) is 4.50. The van der Waals surface area contributed by atoms with E-state index in [0.29, 0.717) is 23.1 Å². The molecule has 1 aliphatic heterocycles. The van der Waals surface area contributed by atoms with E-state index in [0.717, 1.165) is 22.3 Å². The topological polar surface area (TPSA) is 201 Å². The number of carbonyl (C=O) groups is 7. The van der Waals surface area contributed by atoms with Gasteiger partial charge in [-0.05, 0) is 60.7 Å². The number of carbonyl (C=O) groups excluding carboxylic acids is 7. The molecule has 5 aromatic carbocycles. The molecule has 0 bridgehead atoms. The van der Waals surface area contributed by atoms with Crippen LogP contribution in [-0.2, 0) is 51.9 Å². The van der Waals surface area contributed by atoms with Crippen molar-refractivity contribution in [1.29, 1.82) is 0 Å². The number of ether oxygens (including phenoxy) is 1. The average molecular weight is 925 g/mol. The second-order valence-electron chi connectivity index (χ2n) is 17.2. The Labute approximate surface area is 394 Å². The van der Waals surface area contributed by atoms with E-state index in [4.69, 9.17) is 4.74 Å². The van der Waals surface area contributed by atoms with Crippen LogP contribution in [0.3, 0.4) is 0 Å². The van der Waals surface area contributed by atoms with Gasteiger partial charge in [-0.15, -0.1) is 0 Å². The van der Waals surface area contributed by atoms with Crippen molar-refractivity contribution in [3.8, 4) is 5.75 Å². The molecule has 0 unspecified atom stereocenters. The molecule has 0 aromatic heterocycles. The Morgan fingerprint density at radius 2 is 1.10 bits per heavy atom. The van der Waals surface area contributed by atoms with Gasteiger partial charge >= 0.3 is 0 Å². The maximum atomic E-state index is 14.6. The highest BCUT2D eigenvalue weighted by atomic mass is 32.2. The van der Waals surface area contributed by atoms with E-state index in [1.165, 1.54) is 6.92 Å². The van der Waals surface area contributed by atoms with Crippen LogP contribution in [-0.4, -0.2) is 82.6 Å². The maximum Gasteiger partial charge on any atom is 0.244 e. The van der Waals surface area contributed by atoms with Gasteiger partial charge in [-0.1, -0.05) is 145 Å². The van der Waals surface area contributed by atoms with Crippen LogP contribution in [0.2, 0.25) is 0 Å². The molecule has 1 aliphatic rings. The van der Waals surface area contributed by atoms with Crippen LogP contribution in [0.25, 0.3) is 0 Å². The highest BCUT2D eigenvalue weighted by Gasteiger charge is 2.39. The second kappa shape index (κ2) is 22.8. The van der Waals surface area contributed by atoms with Crippen molar-refractivity contribution in [2.45, 2.75) is 82.3 Å². The molecule has 1 heterocycles. The lowest BCUT2D eigenvalue weighted by molar-refractivity contribution is -0.134. The molecule has 6 rings (SSSR count). The minimum Gasteiger partial charge on any atom is -0.488 e. The zero-order chi connectivity index (χ0) is 48.0. The van der Waals surface area contributed by atoms with Crippen molar-refractivity contribution < 1.29 is 38.3 Å². The molecule has 348 valence electrons. The van der Waals surface area contributed by atoms with Gasteiger partial charge in [0, 0.05) is 25.5 Å². The van der Waals surface area contributed by atoms with Gasteiger partial charge in [0.1, 0.15) is 41.1 Å². The summed E-state index contributed by atoms with van der Waals surface area (Å²) in [7, 11) is 0. The zero-order valence-corrected chi connectivity index (χ0v) is 38.7. The fourth-order valence-electron chi connectivity index (χ4n) is 7.75. The van der Waals surface area contributed by atoms with E-state index in [-0.39, 0.29) is 18.6 Å². The van der Waals surface area contributed by atoms with Crippen molar-refractivity contribution in [1.82, 2.24) is 31.9 Å². The molecule has 6 N–H and O–H groups in total. The molecular formula is C52H56N6O8S. The summed E-state index contributed by atoms with van der Waals surface area (Å²) in [6.45, 7) is 6.32. The van der Waals surface area contributed by atoms with Gasteiger partial charge in [-0.3, -0.25) is 33.6 Å². The SMILES string of the molecule is CC(=O)N[C@H]1CSC(=O)[C@H](Cc2ccccc2)NC(=O)[C@H](Cc2ccc(OC(C)(C)C)cc2)NC(=O)CNC(=O)[C@H](CC(=O)NC(c2ccccc2)(c2ccccc2)c2ccccc2)NC1=O. The Balaban J connectivity index is 1.33. The number of nitrogens with one attached hydrogen (secondary N) is 6. The third kappa shape index (κ3) is 13.9. The molecule has 14 nitrogen and oxygen atoms in total. The minimum atomic E-state index is -1.58. The van der Waals surface area contributed by atoms with Crippen LogP contribution in [0, 0.1) is 0 Å². The summed E-state index contributed by atoms with van der Waals surface area (Å²) in [6, 6.07) is 38.8. The molecule has 67 heavy (non-hydrogen) atoms. The standard InChI is InChI=1S/C52H56N6O8S/c1-34(59)54-44-33-67-50(65)43(30-35-17-9-5-10-18-35)57-48(63)41(29-36-25-27-40(28-26-36)66-51(2,3)4)55-46(61)32-53-47(62)42(56-49(44)64)31-45(60)58-52(37-19-11-6-12-20-37,38-21-13-7-14-22-38)39-23-15-8-16-24-39/h5-28,41-44H,29-33H2,1-4H3,(H,53,62)(H,54,59)(H,55,61)(H,56,64)(H,57,63)(H,58,60)/t41-,42-,43-,44-/m0/s1. The summed E-state index contributed by atoms with van der Waals surface area (Å²) in [5, 5.41) is 15.9. The predicted molar refractivity (Wildman–Crippen MR) is 257 cm³/mol. The van der Waals surface area contributed by atoms with Crippen molar-refractivity contribution in [2.75, 3.05) is 12.3 Å². The first kappa shape index (κ1) is 49.2. The molecule has 6 amide bonds. The van der Waals surface area contributed by atoms with Crippen molar-refractivity contribution in [2.24, 2.45) is 0 Å². The van der Waals surface area contributed by atoms with Crippen LogP contribution in [0.15, 0.2) is 146 Å². The molecule has 1 fully saturated rings. The first-order valence-corrected chi connectivity index (χ1v) is 23.0. The molecule has 4 atom stereocenters. The molecule has 1 saturated heterocycles. The van der Waals surface area contributed by atoms with Crippen LogP contribution in [0.4, 0.5) is 0 Å². The Hall–Kier alpha value is -7.26. The summed E-state index contributed by atoms with van der Waals surface area (Å²) < 4.78 is 5.96.